The Bertz CT molecular complexity index is 525. The maximum atomic E-state index is 5.95. The molecule has 6 nitrogen and oxygen atoms in total. The number of morpholine rings is 1. The lowest BCUT2D eigenvalue weighted by molar-refractivity contribution is 0.0389. The Morgan fingerprint density at radius 2 is 2.04 bits per heavy atom. The lowest BCUT2D eigenvalue weighted by atomic mass is 10.1. The highest BCUT2D eigenvalue weighted by Gasteiger charge is 2.21. The number of para-hydroxylation sites is 1. The molecule has 2 aliphatic rings. The molecular formula is C18H29IN4O2. The summed E-state index contributed by atoms with van der Waals surface area (Å²) in [5.74, 6) is 1.87. The second kappa shape index (κ2) is 10.8. The van der Waals surface area contributed by atoms with Crippen molar-refractivity contribution in [2.75, 3.05) is 52.5 Å². The third kappa shape index (κ3) is 6.31. The van der Waals surface area contributed by atoms with Crippen molar-refractivity contribution < 1.29 is 9.47 Å². The van der Waals surface area contributed by atoms with Gasteiger partial charge in [-0.3, -0.25) is 4.90 Å². The lowest BCUT2D eigenvalue weighted by Gasteiger charge is -2.26. The second-order valence-electron chi connectivity index (χ2n) is 6.15. The smallest absolute Gasteiger partial charge is 0.191 e. The topological polar surface area (TPSA) is 58.1 Å². The van der Waals surface area contributed by atoms with E-state index in [9.17, 15) is 0 Å². The second-order valence-corrected chi connectivity index (χ2v) is 6.15. The minimum absolute atomic E-state index is 0. The highest BCUT2D eigenvalue weighted by Crippen LogP contribution is 2.28. The van der Waals surface area contributed by atoms with E-state index in [1.165, 1.54) is 5.56 Å². The molecule has 0 aromatic heterocycles. The predicted molar refractivity (Wildman–Crippen MR) is 111 cm³/mol. The molecule has 1 aromatic carbocycles. The Balaban J connectivity index is 0.00000225. The molecule has 1 saturated heterocycles. The Labute approximate surface area is 167 Å². The van der Waals surface area contributed by atoms with Crippen LogP contribution in [0.3, 0.4) is 0 Å². The summed E-state index contributed by atoms with van der Waals surface area (Å²) in [6.45, 7) is 9.23. The van der Waals surface area contributed by atoms with E-state index in [1.54, 1.807) is 0 Å². The van der Waals surface area contributed by atoms with E-state index in [0.29, 0.717) is 6.54 Å². The maximum absolute atomic E-state index is 5.95. The molecule has 2 N–H and O–H groups in total. The number of nitrogens with one attached hydrogen (secondary N) is 2. The largest absolute Gasteiger partial charge is 0.488 e. The number of hydrogen-bond acceptors (Lipinski definition) is 4. The van der Waals surface area contributed by atoms with Gasteiger partial charge in [-0.15, -0.1) is 24.0 Å². The first kappa shape index (κ1) is 20.3. The third-order valence-corrected chi connectivity index (χ3v) is 4.34. The minimum atomic E-state index is 0. The summed E-state index contributed by atoms with van der Waals surface area (Å²) >= 11 is 0. The zero-order chi connectivity index (χ0) is 16.6. The zero-order valence-corrected chi connectivity index (χ0v) is 17.2. The first-order chi connectivity index (χ1) is 11.8. The van der Waals surface area contributed by atoms with Gasteiger partial charge in [0, 0.05) is 39.1 Å². The summed E-state index contributed by atoms with van der Waals surface area (Å²) < 4.78 is 11.3. The third-order valence-electron chi connectivity index (χ3n) is 4.34. The van der Waals surface area contributed by atoms with E-state index in [4.69, 9.17) is 9.47 Å². The quantitative estimate of drug-likeness (QED) is 0.383. The van der Waals surface area contributed by atoms with Crippen LogP contribution in [0.15, 0.2) is 29.3 Å². The van der Waals surface area contributed by atoms with Crippen molar-refractivity contribution in [2.24, 2.45) is 4.99 Å². The van der Waals surface area contributed by atoms with Gasteiger partial charge in [0.1, 0.15) is 11.9 Å². The molecule has 0 amide bonds. The molecule has 7 heteroatoms. The lowest BCUT2D eigenvalue weighted by Crippen LogP contribution is -2.44. The first-order valence-corrected chi connectivity index (χ1v) is 8.92. The molecule has 0 bridgehead atoms. The van der Waals surface area contributed by atoms with Gasteiger partial charge in [0.25, 0.3) is 0 Å². The van der Waals surface area contributed by atoms with Crippen molar-refractivity contribution >= 4 is 29.9 Å². The van der Waals surface area contributed by atoms with Gasteiger partial charge in [-0.25, -0.2) is 4.99 Å². The number of guanidine groups is 1. The van der Waals surface area contributed by atoms with Gasteiger partial charge >= 0.3 is 0 Å². The van der Waals surface area contributed by atoms with Gasteiger partial charge in [-0.05, 0) is 18.6 Å². The van der Waals surface area contributed by atoms with Crippen LogP contribution in [-0.2, 0) is 11.2 Å². The Hall–Kier alpha value is -1.06. The molecule has 2 heterocycles. The summed E-state index contributed by atoms with van der Waals surface area (Å²) in [5, 5.41) is 6.72. The number of benzene rings is 1. The van der Waals surface area contributed by atoms with E-state index in [2.05, 4.69) is 39.6 Å². The van der Waals surface area contributed by atoms with E-state index in [0.717, 1.165) is 64.1 Å². The standard InChI is InChI=1S/C18H28N4O2.HI/c1-2-19-18(20-7-8-22-9-11-23-12-10-22)21-14-16-13-15-5-3-4-6-17(15)24-16;/h3-6,16H,2,7-14H2,1H3,(H2,19,20,21);1H. The minimum Gasteiger partial charge on any atom is -0.488 e. The van der Waals surface area contributed by atoms with E-state index in [1.807, 2.05) is 12.1 Å². The Morgan fingerprint density at radius 1 is 1.24 bits per heavy atom. The zero-order valence-electron chi connectivity index (χ0n) is 14.9. The van der Waals surface area contributed by atoms with Crippen LogP contribution < -0.4 is 15.4 Å². The van der Waals surface area contributed by atoms with Crippen LogP contribution in [0.4, 0.5) is 0 Å². The number of rotatable bonds is 6. The highest BCUT2D eigenvalue weighted by atomic mass is 127. The Kier molecular flexibility index (Phi) is 8.77. The molecule has 1 atom stereocenters. The molecule has 1 aromatic rings. The van der Waals surface area contributed by atoms with Crippen molar-refractivity contribution in [2.45, 2.75) is 19.4 Å². The fourth-order valence-corrected chi connectivity index (χ4v) is 3.05. The van der Waals surface area contributed by atoms with Crippen molar-refractivity contribution in [3.05, 3.63) is 29.8 Å². The van der Waals surface area contributed by atoms with Crippen LogP contribution in [-0.4, -0.2) is 69.4 Å². The highest BCUT2D eigenvalue weighted by molar-refractivity contribution is 14.0. The normalized spacial score (nSPS) is 20.4. The van der Waals surface area contributed by atoms with Crippen LogP contribution in [0, 0.1) is 0 Å². The molecule has 1 fully saturated rings. The van der Waals surface area contributed by atoms with Crippen LogP contribution >= 0.6 is 24.0 Å². The van der Waals surface area contributed by atoms with E-state index < -0.39 is 0 Å². The van der Waals surface area contributed by atoms with Gasteiger partial charge in [-0.2, -0.15) is 0 Å². The molecule has 0 spiro atoms. The molecule has 3 rings (SSSR count). The van der Waals surface area contributed by atoms with Gasteiger partial charge in [-0.1, -0.05) is 18.2 Å². The van der Waals surface area contributed by atoms with Crippen molar-refractivity contribution in [3.63, 3.8) is 0 Å². The van der Waals surface area contributed by atoms with Crippen molar-refractivity contribution in [1.82, 2.24) is 15.5 Å². The number of ether oxygens (including phenoxy) is 2. The molecule has 2 aliphatic heterocycles. The van der Waals surface area contributed by atoms with Gasteiger partial charge in [0.2, 0.25) is 0 Å². The van der Waals surface area contributed by atoms with E-state index in [-0.39, 0.29) is 30.1 Å². The predicted octanol–water partition coefficient (Wildman–Crippen LogP) is 1.50. The molecule has 140 valence electrons. The average Bonchev–Trinajstić information content (AvgIpc) is 3.03. The SMILES string of the molecule is CCNC(=NCC1Cc2ccccc2O1)NCCN1CCOCC1.I. The number of fused-ring (bicyclic) bond motifs is 1. The summed E-state index contributed by atoms with van der Waals surface area (Å²) in [7, 11) is 0. The molecular weight excluding hydrogens is 431 g/mol. The van der Waals surface area contributed by atoms with Crippen LogP contribution in [0.2, 0.25) is 0 Å². The summed E-state index contributed by atoms with van der Waals surface area (Å²) in [4.78, 5) is 7.10. The van der Waals surface area contributed by atoms with Gasteiger partial charge in [0.05, 0.1) is 19.8 Å². The fourth-order valence-electron chi connectivity index (χ4n) is 3.05. The van der Waals surface area contributed by atoms with Crippen LogP contribution in [0.5, 0.6) is 5.75 Å². The average molecular weight is 460 g/mol. The first-order valence-electron chi connectivity index (χ1n) is 8.92. The molecule has 1 unspecified atom stereocenters. The number of aliphatic imine (C=N–C) groups is 1. The molecule has 0 aliphatic carbocycles. The monoisotopic (exact) mass is 460 g/mol. The van der Waals surface area contributed by atoms with Gasteiger partial charge in [0.15, 0.2) is 5.96 Å². The Morgan fingerprint density at radius 3 is 2.80 bits per heavy atom. The number of hydrogen-bond donors (Lipinski definition) is 2. The maximum Gasteiger partial charge on any atom is 0.191 e. The molecule has 0 saturated carbocycles. The fraction of sp³-hybridized carbons (Fsp3) is 0.611. The summed E-state index contributed by atoms with van der Waals surface area (Å²) in [6, 6.07) is 8.24. The van der Waals surface area contributed by atoms with Crippen LogP contribution in [0.1, 0.15) is 12.5 Å². The van der Waals surface area contributed by atoms with E-state index >= 15 is 0 Å². The van der Waals surface area contributed by atoms with Crippen LogP contribution in [0.25, 0.3) is 0 Å². The van der Waals surface area contributed by atoms with Gasteiger partial charge < -0.3 is 20.1 Å². The number of halogens is 1. The van der Waals surface area contributed by atoms with Crippen molar-refractivity contribution in [3.8, 4) is 5.75 Å². The summed E-state index contributed by atoms with van der Waals surface area (Å²) in [6.07, 6.45) is 1.07. The summed E-state index contributed by atoms with van der Waals surface area (Å²) in [5.41, 5.74) is 1.28. The molecule has 0 radical (unpaired) electrons. The molecule has 25 heavy (non-hydrogen) atoms. The number of nitrogens with zero attached hydrogens (tertiary/aromatic N) is 2. The van der Waals surface area contributed by atoms with Crippen molar-refractivity contribution in [1.29, 1.82) is 0 Å².